The highest BCUT2D eigenvalue weighted by Crippen LogP contribution is 2.60. The summed E-state index contributed by atoms with van der Waals surface area (Å²) >= 11 is 0. The molecular weight excluding hydrogens is 648 g/mol. The second kappa shape index (κ2) is 12.1. The van der Waals surface area contributed by atoms with Crippen LogP contribution in [0.5, 0.6) is 0 Å². The summed E-state index contributed by atoms with van der Waals surface area (Å²) < 4.78 is 114. The number of halogens is 6. The highest BCUT2D eigenvalue weighted by atomic mass is 32.2. The molecule has 2 aliphatic carbocycles. The molecule has 4 aromatic rings. The van der Waals surface area contributed by atoms with Crippen molar-refractivity contribution >= 4 is 15.9 Å². The fraction of sp³-hybridized carbons (Fsp3) is 0.344. The molecule has 2 heterocycles. The molecule has 1 amide bonds. The lowest BCUT2D eigenvalue weighted by Crippen LogP contribution is -2.36. The van der Waals surface area contributed by atoms with Crippen LogP contribution in [0, 0.1) is 23.5 Å². The maximum absolute atomic E-state index is 15.3. The van der Waals surface area contributed by atoms with Gasteiger partial charge in [-0.2, -0.15) is 13.9 Å². The number of hydrogen-bond donors (Lipinski definition) is 1. The summed E-state index contributed by atoms with van der Waals surface area (Å²) in [6.45, 7) is -0.824. The van der Waals surface area contributed by atoms with E-state index in [2.05, 4.69) is 15.4 Å². The number of nitrogens with one attached hydrogen (secondary N) is 1. The number of hydrogen-bond acceptors (Lipinski definition) is 5. The number of carbonyl (C=O) groups is 1. The summed E-state index contributed by atoms with van der Waals surface area (Å²) in [5.74, 6) is -7.49. The number of fused-ring (bicyclic) bond motifs is 2. The first-order chi connectivity index (χ1) is 22.2. The third-order valence-electron chi connectivity index (χ3n) is 8.56. The van der Waals surface area contributed by atoms with E-state index in [1.807, 2.05) is 0 Å². The lowest BCUT2D eigenvalue weighted by molar-refractivity contribution is -0.123. The van der Waals surface area contributed by atoms with E-state index in [4.69, 9.17) is 0 Å². The van der Waals surface area contributed by atoms with E-state index in [0.29, 0.717) is 21.9 Å². The molecule has 3 atom stereocenters. The molecule has 2 aromatic carbocycles. The lowest BCUT2D eigenvalue weighted by atomic mass is 9.92. The fourth-order valence-corrected chi connectivity index (χ4v) is 7.15. The van der Waals surface area contributed by atoms with Crippen LogP contribution in [-0.4, -0.2) is 47.5 Å². The summed E-state index contributed by atoms with van der Waals surface area (Å²) in [5, 5.41) is 6.42. The van der Waals surface area contributed by atoms with E-state index < -0.39 is 75.7 Å². The van der Waals surface area contributed by atoms with Crippen LogP contribution in [0.15, 0.2) is 65.7 Å². The summed E-state index contributed by atoms with van der Waals surface area (Å²) in [7, 11) is -0.953. The van der Waals surface area contributed by atoms with Crippen molar-refractivity contribution in [3.8, 4) is 11.1 Å². The number of carbonyl (C=O) groups excluding carboxylic acids is 1. The second-order valence-corrected chi connectivity index (χ2v) is 14.1. The van der Waals surface area contributed by atoms with Gasteiger partial charge in [-0.15, -0.1) is 0 Å². The Balaban J connectivity index is 1.36. The minimum absolute atomic E-state index is 0.0244. The predicted molar refractivity (Wildman–Crippen MR) is 158 cm³/mol. The summed E-state index contributed by atoms with van der Waals surface area (Å²) in [6.07, 6.45) is -1.69. The molecule has 2 unspecified atom stereocenters. The van der Waals surface area contributed by atoms with Gasteiger partial charge in [0.15, 0.2) is 0 Å². The minimum atomic E-state index is -3.74. The second-order valence-electron chi connectivity index (χ2n) is 12.0. The van der Waals surface area contributed by atoms with Crippen LogP contribution in [0.25, 0.3) is 11.1 Å². The highest BCUT2D eigenvalue weighted by molar-refractivity contribution is 7.89. The van der Waals surface area contributed by atoms with Crippen molar-refractivity contribution in [3.63, 3.8) is 0 Å². The van der Waals surface area contributed by atoms with Crippen LogP contribution in [0.4, 0.5) is 26.3 Å². The largest absolute Gasteiger partial charge is 0.346 e. The molecule has 0 saturated heterocycles. The number of nitrogens with zero attached hydrogens (tertiary/aromatic N) is 4. The Morgan fingerprint density at radius 3 is 2.38 bits per heavy atom. The summed E-state index contributed by atoms with van der Waals surface area (Å²) in [6, 6.07) is 10.8. The van der Waals surface area contributed by atoms with Gasteiger partial charge in [0, 0.05) is 43.4 Å². The van der Waals surface area contributed by atoms with Gasteiger partial charge in [-0.3, -0.25) is 14.5 Å². The number of benzene rings is 2. The Bertz CT molecular complexity index is 1930. The molecule has 2 aliphatic rings. The van der Waals surface area contributed by atoms with E-state index in [9.17, 15) is 30.8 Å². The van der Waals surface area contributed by atoms with Crippen LogP contribution >= 0.6 is 0 Å². The first-order valence-corrected chi connectivity index (χ1v) is 16.1. The van der Waals surface area contributed by atoms with Gasteiger partial charge in [-0.05, 0) is 66.6 Å². The smallest absolute Gasteiger partial charge is 0.292 e. The van der Waals surface area contributed by atoms with Crippen LogP contribution < -0.4 is 5.32 Å². The third kappa shape index (κ3) is 6.25. The van der Waals surface area contributed by atoms with Crippen LogP contribution in [-0.2, 0) is 40.1 Å². The minimum Gasteiger partial charge on any atom is -0.346 e. The molecule has 6 rings (SSSR count). The topological polar surface area (TPSA) is 97.2 Å². The maximum Gasteiger partial charge on any atom is 0.292 e. The van der Waals surface area contributed by atoms with Gasteiger partial charge < -0.3 is 5.32 Å². The van der Waals surface area contributed by atoms with E-state index >= 15 is 8.78 Å². The third-order valence-corrected chi connectivity index (χ3v) is 10.4. The van der Waals surface area contributed by atoms with Gasteiger partial charge in [0.2, 0.25) is 15.9 Å². The number of alkyl halides is 4. The zero-order valence-corrected chi connectivity index (χ0v) is 25.9. The molecular formula is C32H29F6N5O3S. The van der Waals surface area contributed by atoms with Crippen molar-refractivity contribution in [2.75, 3.05) is 14.1 Å². The zero-order chi connectivity index (χ0) is 33.8. The van der Waals surface area contributed by atoms with E-state index in [1.54, 1.807) is 12.1 Å². The van der Waals surface area contributed by atoms with Gasteiger partial charge in [-0.1, -0.05) is 18.2 Å². The SMILES string of the molecule is CN(C)S(=O)(=O)c1ccc(-c2cccnc2[C@H](Cc2cc(F)cc(F)c2)NC(=O)Cn2nc(C(F)F)c3c2C(F)(F)C2CC2C3)cc1. The monoisotopic (exact) mass is 677 g/mol. The van der Waals surface area contributed by atoms with Crippen molar-refractivity contribution < 1.29 is 39.6 Å². The van der Waals surface area contributed by atoms with Crippen molar-refractivity contribution in [3.05, 3.63) is 101 Å². The molecule has 1 fully saturated rings. The molecule has 15 heteroatoms. The molecule has 0 radical (unpaired) electrons. The molecule has 0 bridgehead atoms. The predicted octanol–water partition coefficient (Wildman–Crippen LogP) is 5.80. The first-order valence-electron chi connectivity index (χ1n) is 14.6. The van der Waals surface area contributed by atoms with Gasteiger partial charge in [-0.25, -0.2) is 30.3 Å². The molecule has 8 nitrogen and oxygen atoms in total. The van der Waals surface area contributed by atoms with Crippen molar-refractivity contribution in [2.24, 2.45) is 11.8 Å². The summed E-state index contributed by atoms with van der Waals surface area (Å²) in [4.78, 5) is 17.9. The van der Waals surface area contributed by atoms with Crippen LogP contribution in [0.1, 0.15) is 47.1 Å². The van der Waals surface area contributed by atoms with E-state index in [0.717, 1.165) is 16.4 Å². The highest BCUT2D eigenvalue weighted by Gasteiger charge is 2.62. The molecule has 0 aliphatic heterocycles. The Morgan fingerprint density at radius 2 is 1.74 bits per heavy atom. The van der Waals surface area contributed by atoms with Gasteiger partial charge in [0.25, 0.3) is 12.3 Å². The fourth-order valence-electron chi connectivity index (χ4n) is 6.25. The molecule has 47 heavy (non-hydrogen) atoms. The number of pyridine rings is 1. The normalized spacial score (nSPS) is 18.9. The number of amides is 1. The van der Waals surface area contributed by atoms with E-state index in [-0.39, 0.29) is 41.0 Å². The maximum atomic E-state index is 15.3. The van der Waals surface area contributed by atoms with Gasteiger partial charge in [0.1, 0.15) is 29.6 Å². The van der Waals surface area contributed by atoms with Crippen molar-refractivity contribution in [2.45, 2.75) is 49.1 Å². The molecule has 2 aromatic heterocycles. The molecule has 1 N–H and O–H groups in total. The first kappa shape index (κ1) is 32.7. The van der Waals surface area contributed by atoms with E-state index in [1.165, 1.54) is 44.6 Å². The van der Waals surface area contributed by atoms with Crippen molar-refractivity contribution in [1.82, 2.24) is 24.4 Å². The quantitative estimate of drug-likeness (QED) is 0.214. The van der Waals surface area contributed by atoms with Gasteiger partial charge in [0.05, 0.1) is 16.6 Å². The molecule has 248 valence electrons. The molecule has 1 saturated carbocycles. The Morgan fingerprint density at radius 1 is 1.06 bits per heavy atom. The average molecular weight is 678 g/mol. The van der Waals surface area contributed by atoms with Crippen LogP contribution in [0.2, 0.25) is 0 Å². The van der Waals surface area contributed by atoms with Crippen LogP contribution in [0.3, 0.4) is 0 Å². The molecule has 0 spiro atoms. The Labute approximate surface area is 266 Å². The lowest BCUT2D eigenvalue weighted by Gasteiger charge is -2.25. The average Bonchev–Trinajstić information content (AvgIpc) is 3.70. The zero-order valence-electron chi connectivity index (χ0n) is 25.1. The summed E-state index contributed by atoms with van der Waals surface area (Å²) in [5.41, 5.74) is -0.429. The number of sulfonamides is 1. The Kier molecular flexibility index (Phi) is 8.41. The van der Waals surface area contributed by atoms with Crippen molar-refractivity contribution in [1.29, 1.82) is 0 Å². The standard InChI is InChI=1S/C32H29F6N5O3S/c1-42(2)47(45,46)22-7-5-18(6-8-22)23-4-3-9-39-28(23)26(12-17-10-20(33)15-21(34)11-17)40-27(44)16-43-30-24(29(41-43)31(35)36)13-19-14-25(19)32(30,37)38/h3-11,15,19,25-26,31H,12-14,16H2,1-2H3,(H,40,44)/t19?,25?,26-/m0/s1. The van der Waals surface area contributed by atoms with Gasteiger partial charge >= 0.3 is 0 Å². The number of rotatable bonds is 10. The Hall–Kier alpha value is -4.24. The number of aromatic nitrogens is 3.